The van der Waals surface area contributed by atoms with Crippen LogP contribution in [-0.2, 0) is 23.2 Å². The fraction of sp³-hybridized carbons (Fsp3) is 0.471. The smallest absolute Gasteiger partial charge is 0.369 e. The fourth-order valence-corrected chi connectivity index (χ4v) is 4.07. The lowest BCUT2D eigenvalue weighted by Gasteiger charge is -2.36. The van der Waals surface area contributed by atoms with Gasteiger partial charge in [0.2, 0.25) is 10.0 Å². The molecular weight excluding hydrogens is 395 g/mol. The molecule has 0 unspecified atom stereocenters. The van der Waals surface area contributed by atoms with E-state index in [0.717, 1.165) is 12.1 Å². The maximum Gasteiger partial charge on any atom is 0.416 e. The third-order valence-corrected chi connectivity index (χ3v) is 6.04. The second-order valence-corrected chi connectivity index (χ2v) is 8.39. The van der Waals surface area contributed by atoms with Crippen LogP contribution in [0, 0.1) is 0 Å². The molecule has 7 nitrogen and oxygen atoms in total. The number of aromatic nitrogens is 2. The van der Waals surface area contributed by atoms with Crippen molar-refractivity contribution < 1.29 is 21.6 Å². The molecule has 11 heteroatoms. The zero-order valence-corrected chi connectivity index (χ0v) is 16.2. The Bertz CT molecular complexity index is 906. The summed E-state index contributed by atoms with van der Waals surface area (Å²) in [4.78, 5) is 4.10. The molecule has 1 aliphatic rings. The zero-order valence-electron chi connectivity index (χ0n) is 15.4. The Morgan fingerprint density at radius 3 is 2.50 bits per heavy atom. The number of benzene rings is 1. The molecule has 2 heterocycles. The van der Waals surface area contributed by atoms with Crippen molar-refractivity contribution in [1.29, 1.82) is 0 Å². The van der Waals surface area contributed by atoms with Crippen LogP contribution >= 0.6 is 0 Å². The normalized spacial score (nSPS) is 16.5. The van der Waals surface area contributed by atoms with Crippen LogP contribution in [0.15, 0.2) is 41.6 Å². The van der Waals surface area contributed by atoms with Crippen molar-refractivity contribution in [2.45, 2.75) is 11.1 Å². The number of alkyl halides is 3. The first kappa shape index (κ1) is 20.6. The van der Waals surface area contributed by atoms with E-state index in [4.69, 9.17) is 0 Å². The van der Waals surface area contributed by atoms with Crippen molar-refractivity contribution in [2.24, 2.45) is 7.05 Å². The summed E-state index contributed by atoms with van der Waals surface area (Å²) in [5.74, 6) is 0. The lowest BCUT2D eigenvalue weighted by Crippen LogP contribution is -2.48. The highest BCUT2D eigenvalue weighted by Crippen LogP contribution is 2.31. The minimum atomic E-state index is -4.36. The quantitative estimate of drug-likeness (QED) is 0.772. The molecule has 2 aromatic rings. The lowest BCUT2D eigenvalue weighted by atomic mass is 10.1. The van der Waals surface area contributed by atoms with Crippen LogP contribution in [0.4, 0.5) is 18.9 Å². The first-order valence-electron chi connectivity index (χ1n) is 8.78. The summed E-state index contributed by atoms with van der Waals surface area (Å²) in [6.07, 6.45) is -1.64. The van der Waals surface area contributed by atoms with Gasteiger partial charge >= 0.3 is 6.18 Å². The van der Waals surface area contributed by atoms with Crippen LogP contribution in [0.1, 0.15) is 5.56 Å². The van der Waals surface area contributed by atoms with E-state index in [0.29, 0.717) is 38.4 Å². The number of rotatable bonds is 6. The van der Waals surface area contributed by atoms with Gasteiger partial charge in [-0.15, -0.1) is 0 Å². The van der Waals surface area contributed by atoms with Crippen molar-refractivity contribution in [2.75, 3.05) is 44.2 Å². The Balaban J connectivity index is 1.48. The highest BCUT2D eigenvalue weighted by Gasteiger charge is 2.31. The van der Waals surface area contributed by atoms with Gasteiger partial charge < -0.3 is 4.90 Å². The SMILES string of the molecule is Cn1cc(S(=O)(=O)NCCN2CCN(c3cccc(C(F)(F)F)c3)CC2)cn1. The molecule has 1 aromatic carbocycles. The van der Waals surface area contributed by atoms with Crippen LogP contribution in [0.25, 0.3) is 0 Å². The molecule has 1 saturated heterocycles. The number of halogens is 3. The van der Waals surface area contributed by atoms with Crippen molar-refractivity contribution in [1.82, 2.24) is 19.4 Å². The molecule has 0 bridgehead atoms. The Morgan fingerprint density at radius 2 is 1.89 bits per heavy atom. The summed E-state index contributed by atoms with van der Waals surface area (Å²) in [7, 11) is -1.95. The van der Waals surface area contributed by atoms with E-state index in [9.17, 15) is 21.6 Å². The Labute approximate surface area is 161 Å². The third kappa shape index (κ3) is 5.03. The van der Waals surface area contributed by atoms with E-state index in [1.54, 1.807) is 13.1 Å². The Hall–Kier alpha value is -2.11. The van der Waals surface area contributed by atoms with Gasteiger partial charge in [0, 0.05) is 58.2 Å². The van der Waals surface area contributed by atoms with Gasteiger partial charge in [-0.05, 0) is 18.2 Å². The lowest BCUT2D eigenvalue weighted by molar-refractivity contribution is -0.137. The number of hydrogen-bond donors (Lipinski definition) is 1. The minimum Gasteiger partial charge on any atom is -0.369 e. The monoisotopic (exact) mass is 417 g/mol. The van der Waals surface area contributed by atoms with E-state index < -0.39 is 21.8 Å². The second-order valence-electron chi connectivity index (χ2n) is 6.62. The average molecular weight is 417 g/mol. The maximum atomic E-state index is 12.9. The number of aryl methyl sites for hydroxylation is 1. The maximum absolute atomic E-state index is 12.9. The summed E-state index contributed by atoms with van der Waals surface area (Å²) >= 11 is 0. The van der Waals surface area contributed by atoms with E-state index in [-0.39, 0.29) is 11.4 Å². The van der Waals surface area contributed by atoms with Gasteiger partial charge in [-0.3, -0.25) is 9.58 Å². The molecule has 0 radical (unpaired) electrons. The van der Waals surface area contributed by atoms with Gasteiger partial charge in [0.15, 0.2) is 0 Å². The third-order valence-electron chi connectivity index (χ3n) is 4.62. The molecule has 154 valence electrons. The number of nitrogens with zero attached hydrogens (tertiary/aromatic N) is 4. The fourth-order valence-electron chi connectivity index (χ4n) is 3.07. The van der Waals surface area contributed by atoms with Crippen LogP contribution in [-0.4, -0.2) is 62.4 Å². The topological polar surface area (TPSA) is 70.5 Å². The van der Waals surface area contributed by atoms with E-state index in [2.05, 4.69) is 14.7 Å². The predicted molar refractivity (Wildman–Crippen MR) is 98.5 cm³/mol. The standard InChI is InChI=1S/C17H22F3N5O2S/c1-23-13-16(12-21-23)28(26,27)22-5-6-24-7-9-25(10-8-24)15-4-2-3-14(11-15)17(18,19)20/h2-4,11-13,22H,5-10H2,1H3. The van der Waals surface area contributed by atoms with Gasteiger partial charge in [-0.25, -0.2) is 13.1 Å². The molecule has 0 spiro atoms. The largest absolute Gasteiger partial charge is 0.416 e. The molecule has 0 saturated carbocycles. The van der Waals surface area contributed by atoms with Crippen molar-refractivity contribution in [3.8, 4) is 0 Å². The van der Waals surface area contributed by atoms with Crippen molar-refractivity contribution >= 4 is 15.7 Å². The van der Waals surface area contributed by atoms with Gasteiger partial charge in [0.25, 0.3) is 0 Å². The highest BCUT2D eigenvalue weighted by molar-refractivity contribution is 7.89. The van der Waals surface area contributed by atoms with Gasteiger partial charge in [0.1, 0.15) is 4.90 Å². The van der Waals surface area contributed by atoms with Crippen LogP contribution in [0.5, 0.6) is 0 Å². The first-order valence-corrected chi connectivity index (χ1v) is 10.3. The van der Waals surface area contributed by atoms with E-state index >= 15 is 0 Å². The second kappa shape index (κ2) is 8.10. The number of hydrogen-bond acceptors (Lipinski definition) is 5. The number of sulfonamides is 1. The number of piperazine rings is 1. The average Bonchev–Trinajstić information content (AvgIpc) is 3.09. The Kier molecular flexibility index (Phi) is 5.96. The van der Waals surface area contributed by atoms with E-state index in [1.807, 2.05) is 4.90 Å². The van der Waals surface area contributed by atoms with E-state index in [1.165, 1.54) is 23.1 Å². The molecule has 1 N–H and O–H groups in total. The van der Waals surface area contributed by atoms with Gasteiger partial charge in [-0.1, -0.05) is 6.07 Å². The van der Waals surface area contributed by atoms with Crippen LogP contribution < -0.4 is 9.62 Å². The van der Waals surface area contributed by atoms with Crippen molar-refractivity contribution in [3.05, 3.63) is 42.2 Å². The molecular formula is C17H22F3N5O2S. The molecule has 1 aliphatic heterocycles. The molecule has 1 fully saturated rings. The predicted octanol–water partition coefficient (Wildman–Crippen LogP) is 1.54. The molecule has 3 rings (SSSR count). The highest BCUT2D eigenvalue weighted by atomic mass is 32.2. The van der Waals surface area contributed by atoms with Gasteiger partial charge in [0.05, 0.1) is 11.8 Å². The van der Waals surface area contributed by atoms with Crippen molar-refractivity contribution in [3.63, 3.8) is 0 Å². The molecule has 1 aromatic heterocycles. The summed E-state index contributed by atoms with van der Waals surface area (Å²) in [6.45, 7) is 3.22. The molecule has 0 amide bonds. The Morgan fingerprint density at radius 1 is 1.18 bits per heavy atom. The summed E-state index contributed by atoms with van der Waals surface area (Å²) in [5, 5.41) is 3.85. The first-order chi connectivity index (χ1) is 13.1. The molecule has 28 heavy (non-hydrogen) atoms. The summed E-state index contributed by atoms with van der Waals surface area (Å²) in [6, 6.07) is 5.32. The zero-order chi connectivity index (χ0) is 20.4. The van der Waals surface area contributed by atoms with Crippen LogP contribution in [0.3, 0.4) is 0 Å². The summed E-state index contributed by atoms with van der Waals surface area (Å²) < 4.78 is 66.9. The number of anilines is 1. The van der Waals surface area contributed by atoms with Crippen LogP contribution in [0.2, 0.25) is 0 Å². The summed E-state index contributed by atoms with van der Waals surface area (Å²) in [5.41, 5.74) is -0.107. The van der Waals surface area contributed by atoms with Gasteiger partial charge in [-0.2, -0.15) is 18.3 Å². The molecule has 0 atom stereocenters. The minimum absolute atomic E-state index is 0.115. The number of nitrogens with one attached hydrogen (secondary N) is 1. The molecule has 0 aliphatic carbocycles.